The molecule has 0 aliphatic heterocycles. The molecule has 1 aromatic carbocycles. The second kappa shape index (κ2) is 4.69. The van der Waals surface area contributed by atoms with Crippen LogP contribution in [0, 0.1) is 41.0 Å². The number of benzene rings is 1. The van der Waals surface area contributed by atoms with E-state index in [2.05, 4.69) is 5.32 Å². The minimum absolute atomic E-state index is 0.230. The van der Waals surface area contributed by atoms with Crippen molar-refractivity contribution in [3.05, 3.63) is 29.3 Å². The fourth-order valence-corrected chi connectivity index (χ4v) is 3.59. The van der Waals surface area contributed by atoms with E-state index < -0.39 is 29.0 Å². The molecule has 3 rings (SSSR count). The van der Waals surface area contributed by atoms with Gasteiger partial charge in [-0.15, -0.1) is 0 Å². The van der Waals surface area contributed by atoms with E-state index in [1.165, 1.54) is 12.8 Å². The average molecular weight is 273 g/mol. The van der Waals surface area contributed by atoms with Crippen LogP contribution in [0.25, 0.3) is 0 Å². The van der Waals surface area contributed by atoms with Gasteiger partial charge in [-0.05, 0) is 37.0 Å². The fraction of sp³-hybridized carbons (Fsp3) is 0.571. The van der Waals surface area contributed by atoms with Gasteiger partial charge in [0.2, 0.25) is 0 Å². The summed E-state index contributed by atoms with van der Waals surface area (Å²) in [6.07, 6.45) is 4.60. The van der Waals surface area contributed by atoms with E-state index in [4.69, 9.17) is 0 Å². The van der Waals surface area contributed by atoms with E-state index in [-0.39, 0.29) is 6.07 Å². The number of nitrogens with one attached hydrogen (secondary N) is 1. The van der Waals surface area contributed by atoms with Crippen LogP contribution in [0.1, 0.15) is 25.7 Å². The van der Waals surface area contributed by atoms with E-state index in [0.717, 1.165) is 18.8 Å². The van der Waals surface area contributed by atoms with Gasteiger partial charge in [-0.3, -0.25) is 0 Å². The van der Waals surface area contributed by atoms with Gasteiger partial charge >= 0.3 is 0 Å². The van der Waals surface area contributed by atoms with Crippen molar-refractivity contribution in [2.24, 2.45) is 17.8 Å². The lowest BCUT2D eigenvalue weighted by molar-refractivity contribution is 0.347. The van der Waals surface area contributed by atoms with E-state index in [0.29, 0.717) is 18.4 Å². The molecule has 3 unspecified atom stereocenters. The van der Waals surface area contributed by atoms with Crippen LogP contribution in [0.15, 0.2) is 6.07 Å². The standard InChI is InChI=1S/C14H15F4N/c15-10-5-11(16)13(18)14(12(10)17)19-6-9-4-7-1-2-8(9)3-7/h5,7-9,19H,1-4,6H2. The van der Waals surface area contributed by atoms with Gasteiger partial charge in [0.15, 0.2) is 23.3 Å². The molecule has 5 heteroatoms. The van der Waals surface area contributed by atoms with Crippen LogP contribution in [-0.2, 0) is 0 Å². The maximum Gasteiger partial charge on any atom is 0.185 e. The topological polar surface area (TPSA) is 12.0 Å². The highest BCUT2D eigenvalue weighted by Crippen LogP contribution is 2.48. The Hall–Kier alpha value is -1.26. The molecule has 1 N–H and O–H groups in total. The average Bonchev–Trinajstić information content (AvgIpc) is 2.98. The van der Waals surface area contributed by atoms with Crippen molar-refractivity contribution in [2.75, 3.05) is 11.9 Å². The molecule has 0 aromatic heterocycles. The highest BCUT2D eigenvalue weighted by molar-refractivity contribution is 5.47. The molecule has 2 bridgehead atoms. The van der Waals surface area contributed by atoms with Crippen molar-refractivity contribution >= 4 is 5.69 Å². The highest BCUT2D eigenvalue weighted by atomic mass is 19.2. The Bertz CT molecular complexity index is 476. The lowest BCUT2D eigenvalue weighted by Crippen LogP contribution is -2.21. The molecule has 3 atom stereocenters. The molecule has 0 radical (unpaired) electrons. The zero-order valence-electron chi connectivity index (χ0n) is 10.4. The molecule has 2 saturated carbocycles. The van der Waals surface area contributed by atoms with Crippen LogP contribution in [0.2, 0.25) is 0 Å². The van der Waals surface area contributed by atoms with Crippen LogP contribution >= 0.6 is 0 Å². The van der Waals surface area contributed by atoms with Crippen molar-refractivity contribution in [1.29, 1.82) is 0 Å². The van der Waals surface area contributed by atoms with Crippen molar-refractivity contribution in [3.63, 3.8) is 0 Å². The normalized spacial score (nSPS) is 28.9. The third kappa shape index (κ3) is 2.19. The van der Waals surface area contributed by atoms with Gasteiger partial charge in [0.25, 0.3) is 0 Å². The first-order chi connectivity index (χ1) is 9.06. The summed E-state index contributed by atoms with van der Waals surface area (Å²) in [4.78, 5) is 0. The molecular formula is C14H15F4N. The van der Waals surface area contributed by atoms with Crippen LogP contribution in [0.4, 0.5) is 23.2 Å². The fourth-order valence-electron chi connectivity index (χ4n) is 3.59. The van der Waals surface area contributed by atoms with E-state index in [9.17, 15) is 17.6 Å². The third-order valence-corrected chi connectivity index (χ3v) is 4.54. The van der Waals surface area contributed by atoms with Gasteiger partial charge in [0.1, 0.15) is 5.69 Å². The second-order valence-corrected chi connectivity index (χ2v) is 5.66. The summed E-state index contributed by atoms with van der Waals surface area (Å²) in [7, 11) is 0. The molecule has 2 fully saturated rings. The van der Waals surface area contributed by atoms with E-state index in [1.54, 1.807) is 0 Å². The first kappa shape index (κ1) is 12.8. The molecule has 2 aliphatic rings. The van der Waals surface area contributed by atoms with Gasteiger partial charge in [0, 0.05) is 12.6 Å². The molecule has 19 heavy (non-hydrogen) atoms. The van der Waals surface area contributed by atoms with Gasteiger partial charge in [-0.2, -0.15) is 0 Å². The van der Waals surface area contributed by atoms with Crippen molar-refractivity contribution in [1.82, 2.24) is 0 Å². The molecule has 0 spiro atoms. The highest BCUT2D eigenvalue weighted by Gasteiger charge is 2.39. The number of halogens is 4. The van der Waals surface area contributed by atoms with Crippen LogP contribution < -0.4 is 5.32 Å². The van der Waals surface area contributed by atoms with Crippen molar-refractivity contribution in [2.45, 2.75) is 25.7 Å². The minimum Gasteiger partial charge on any atom is -0.380 e. The Labute approximate surface area is 109 Å². The van der Waals surface area contributed by atoms with Crippen molar-refractivity contribution < 1.29 is 17.6 Å². The van der Waals surface area contributed by atoms with E-state index >= 15 is 0 Å². The molecule has 1 nitrogen and oxygen atoms in total. The lowest BCUT2D eigenvalue weighted by Gasteiger charge is -2.22. The zero-order valence-corrected chi connectivity index (χ0v) is 10.4. The zero-order chi connectivity index (χ0) is 13.6. The van der Waals surface area contributed by atoms with Crippen LogP contribution in [-0.4, -0.2) is 6.54 Å². The summed E-state index contributed by atoms with van der Waals surface area (Å²) < 4.78 is 53.0. The number of fused-ring (bicyclic) bond motifs is 2. The Kier molecular flexibility index (Phi) is 3.15. The summed E-state index contributed by atoms with van der Waals surface area (Å²) in [5.74, 6) is -3.77. The Morgan fingerprint density at radius 3 is 2.21 bits per heavy atom. The summed E-state index contributed by atoms with van der Waals surface area (Å²) in [5.41, 5.74) is -0.680. The monoisotopic (exact) mass is 273 g/mol. The van der Waals surface area contributed by atoms with E-state index in [1.807, 2.05) is 0 Å². The molecular weight excluding hydrogens is 258 g/mol. The molecule has 0 heterocycles. The molecule has 1 aromatic rings. The number of hydrogen-bond donors (Lipinski definition) is 1. The van der Waals surface area contributed by atoms with Gasteiger partial charge < -0.3 is 5.32 Å². The third-order valence-electron chi connectivity index (χ3n) is 4.54. The van der Waals surface area contributed by atoms with Gasteiger partial charge in [-0.1, -0.05) is 6.42 Å². The molecule has 0 amide bonds. The first-order valence-corrected chi connectivity index (χ1v) is 6.63. The van der Waals surface area contributed by atoms with Crippen LogP contribution in [0.3, 0.4) is 0 Å². The summed E-state index contributed by atoms with van der Waals surface area (Å²) in [6.45, 7) is 0.373. The maximum atomic E-state index is 13.5. The lowest BCUT2D eigenvalue weighted by atomic mass is 9.89. The Morgan fingerprint density at radius 2 is 1.68 bits per heavy atom. The Morgan fingerprint density at radius 1 is 1.00 bits per heavy atom. The number of anilines is 1. The first-order valence-electron chi connectivity index (χ1n) is 6.63. The minimum atomic E-state index is -1.37. The largest absolute Gasteiger partial charge is 0.380 e. The predicted molar refractivity (Wildman–Crippen MR) is 63.7 cm³/mol. The SMILES string of the molecule is Fc1cc(F)c(F)c(NCC2CC3CCC2C3)c1F. The summed E-state index contributed by atoms with van der Waals surface area (Å²) in [5, 5.41) is 2.56. The van der Waals surface area contributed by atoms with Gasteiger partial charge in [0.05, 0.1) is 0 Å². The quantitative estimate of drug-likeness (QED) is 0.646. The Balaban J connectivity index is 1.73. The molecule has 0 saturated heterocycles. The second-order valence-electron chi connectivity index (χ2n) is 5.66. The van der Waals surface area contributed by atoms with Gasteiger partial charge in [-0.25, -0.2) is 17.6 Å². The summed E-state index contributed by atoms with van der Waals surface area (Å²) >= 11 is 0. The van der Waals surface area contributed by atoms with Crippen molar-refractivity contribution in [3.8, 4) is 0 Å². The number of rotatable bonds is 3. The summed E-state index contributed by atoms with van der Waals surface area (Å²) in [6, 6.07) is 0.230. The number of hydrogen-bond acceptors (Lipinski definition) is 1. The van der Waals surface area contributed by atoms with Crippen LogP contribution in [0.5, 0.6) is 0 Å². The molecule has 2 aliphatic carbocycles. The smallest absolute Gasteiger partial charge is 0.185 e. The molecule has 104 valence electrons. The maximum absolute atomic E-state index is 13.5. The predicted octanol–water partition coefficient (Wildman–Crippen LogP) is 4.09.